The smallest absolute Gasteiger partial charge is 0.159 e. The molecule has 0 aliphatic carbocycles. The van der Waals surface area contributed by atoms with Crippen molar-refractivity contribution in [2.24, 2.45) is 0 Å². The lowest BCUT2D eigenvalue weighted by atomic mass is 10.1. The molecule has 1 aliphatic heterocycles. The SMILES string of the molecule is OCCOc1ccc(CN2CCN(Cc3ccc(F)c(F)c3)[C@H](CCO)C2)cc1. The molecule has 2 aromatic carbocycles. The zero-order valence-electron chi connectivity index (χ0n) is 16.4. The van der Waals surface area contributed by atoms with Gasteiger partial charge in [0.25, 0.3) is 0 Å². The van der Waals surface area contributed by atoms with Gasteiger partial charge in [-0.3, -0.25) is 9.80 Å². The Kier molecular flexibility index (Phi) is 7.94. The quantitative estimate of drug-likeness (QED) is 0.670. The molecule has 158 valence electrons. The van der Waals surface area contributed by atoms with Gasteiger partial charge in [-0.2, -0.15) is 0 Å². The maximum Gasteiger partial charge on any atom is 0.159 e. The largest absolute Gasteiger partial charge is 0.491 e. The number of aliphatic hydroxyl groups is 2. The summed E-state index contributed by atoms with van der Waals surface area (Å²) in [5.41, 5.74) is 1.90. The number of halogens is 2. The second-order valence-electron chi connectivity index (χ2n) is 7.34. The molecule has 1 atom stereocenters. The van der Waals surface area contributed by atoms with Crippen molar-refractivity contribution in [3.63, 3.8) is 0 Å². The Morgan fingerprint density at radius 3 is 2.34 bits per heavy atom. The molecule has 29 heavy (non-hydrogen) atoms. The van der Waals surface area contributed by atoms with Crippen molar-refractivity contribution in [1.82, 2.24) is 9.80 Å². The monoisotopic (exact) mass is 406 g/mol. The van der Waals surface area contributed by atoms with Crippen LogP contribution in [0.5, 0.6) is 5.75 Å². The van der Waals surface area contributed by atoms with Crippen LogP contribution in [-0.4, -0.2) is 65.5 Å². The molecule has 0 aromatic heterocycles. The third-order valence-electron chi connectivity index (χ3n) is 5.21. The van der Waals surface area contributed by atoms with Gasteiger partial charge < -0.3 is 14.9 Å². The van der Waals surface area contributed by atoms with Crippen LogP contribution in [0.15, 0.2) is 42.5 Å². The number of ether oxygens (including phenoxy) is 1. The predicted molar refractivity (Wildman–Crippen MR) is 107 cm³/mol. The molecule has 5 nitrogen and oxygen atoms in total. The maximum atomic E-state index is 13.5. The van der Waals surface area contributed by atoms with E-state index in [0.717, 1.165) is 49.1 Å². The Labute approximate surface area is 170 Å². The molecule has 1 heterocycles. The third-order valence-corrected chi connectivity index (χ3v) is 5.21. The highest BCUT2D eigenvalue weighted by molar-refractivity contribution is 5.27. The van der Waals surface area contributed by atoms with Gasteiger partial charge in [0.1, 0.15) is 12.4 Å². The van der Waals surface area contributed by atoms with E-state index < -0.39 is 11.6 Å². The maximum absolute atomic E-state index is 13.5. The van der Waals surface area contributed by atoms with Gasteiger partial charge in [-0.25, -0.2) is 8.78 Å². The number of hydrogen-bond acceptors (Lipinski definition) is 5. The molecular formula is C22H28F2N2O3. The lowest BCUT2D eigenvalue weighted by Crippen LogP contribution is -2.52. The van der Waals surface area contributed by atoms with E-state index in [1.54, 1.807) is 6.07 Å². The molecule has 0 radical (unpaired) electrons. The fraction of sp³-hybridized carbons (Fsp3) is 0.455. The van der Waals surface area contributed by atoms with Crippen LogP contribution in [0.25, 0.3) is 0 Å². The Morgan fingerprint density at radius 2 is 1.66 bits per heavy atom. The molecule has 0 spiro atoms. The van der Waals surface area contributed by atoms with E-state index in [1.807, 2.05) is 24.3 Å². The van der Waals surface area contributed by atoms with E-state index in [0.29, 0.717) is 13.0 Å². The van der Waals surface area contributed by atoms with Crippen LogP contribution in [-0.2, 0) is 13.1 Å². The Bertz CT molecular complexity index is 773. The van der Waals surface area contributed by atoms with Crippen LogP contribution in [0.1, 0.15) is 17.5 Å². The van der Waals surface area contributed by atoms with Crippen molar-refractivity contribution in [3.8, 4) is 5.75 Å². The average Bonchev–Trinajstić information content (AvgIpc) is 2.72. The molecule has 2 N–H and O–H groups in total. The van der Waals surface area contributed by atoms with Crippen molar-refractivity contribution in [2.75, 3.05) is 39.5 Å². The summed E-state index contributed by atoms with van der Waals surface area (Å²) in [4.78, 5) is 4.57. The number of nitrogens with zero attached hydrogens (tertiary/aromatic N) is 2. The predicted octanol–water partition coefficient (Wildman–Crippen LogP) is 2.40. The number of aliphatic hydroxyl groups excluding tert-OH is 2. The highest BCUT2D eigenvalue weighted by atomic mass is 19.2. The number of piperazine rings is 1. The molecule has 7 heteroatoms. The van der Waals surface area contributed by atoms with E-state index in [2.05, 4.69) is 9.80 Å². The molecule has 1 fully saturated rings. The lowest BCUT2D eigenvalue weighted by Gasteiger charge is -2.41. The Balaban J connectivity index is 1.58. The van der Waals surface area contributed by atoms with Crippen LogP contribution in [0.3, 0.4) is 0 Å². The first-order chi connectivity index (χ1) is 14.1. The summed E-state index contributed by atoms with van der Waals surface area (Å²) < 4.78 is 32.1. The van der Waals surface area contributed by atoms with Gasteiger partial charge in [0.05, 0.1) is 6.61 Å². The van der Waals surface area contributed by atoms with E-state index in [4.69, 9.17) is 9.84 Å². The summed E-state index contributed by atoms with van der Waals surface area (Å²) in [5.74, 6) is -0.929. The summed E-state index contributed by atoms with van der Waals surface area (Å²) in [6, 6.07) is 12.0. The van der Waals surface area contributed by atoms with E-state index >= 15 is 0 Å². The first-order valence-electron chi connectivity index (χ1n) is 9.93. The van der Waals surface area contributed by atoms with Gasteiger partial charge in [0, 0.05) is 45.4 Å². The van der Waals surface area contributed by atoms with Crippen LogP contribution < -0.4 is 4.74 Å². The Hall–Kier alpha value is -2.06. The van der Waals surface area contributed by atoms with Gasteiger partial charge in [-0.1, -0.05) is 18.2 Å². The zero-order valence-corrected chi connectivity index (χ0v) is 16.4. The van der Waals surface area contributed by atoms with Crippen LogP contribution in [0.4, 0.5) is 8.78 Å². The summed E-state index contributed by atoms with van der Waals surface area (Å²) in [6.45, 7) is 4.13. The summed E-state index contributed by atoms with van der Waals surface area (Å²) in [6.07, 6.45) is 0.633. The average molecular weight is 406 g/mol. The second-order valence-corrected chi connectivity index (χ2v) is 7.34. The molecule has 1 saturated heterocycles. The summed E-state index contributed by atoms with van der Waals surface area (Å²) in [7, 11) is 0. The molecule has 2 aromatic rings. The first-order valence-corrected chi connectivity index (χ1v) is 9.93. The van der Waals surface area contributed by atoms with Crippen LogP contribution in [0.2, 0.25) is 0 Å². The normalized spacial score (nSPS) is 18.1. The van der Waals surface area contributed by atoms with Crippen LogP contribution >= 0.6 is 0 Å². The highest BCUT2D eigenvalue weighted by Crippen LogP contribution is 2.20. The van der Waals surface area contributed by atoms with Gasteiger partial charge in [0.15, 0.2) is 11.6 Å². The number of rotatable bonds is 9. The standard InChI is InChI=1S/C22H28F2N2O3/c23-21-6-3-18(13-22(21)24)15-26-9-8-25(16-19(26)7-10-27)14-17-1-4-20(5-2-17)29-12-11-28/h1-6,13,19,27-28H,7-12,14-16H2/t19-/m1/s1. The zero-order chi connectivity index (χ0) is 20.6. The third kappa shape index (κ3) is 6.21. The van der Waals surface area contributed by atoms with Gasteiger partial charge in [0.2, 0.25) is 0 Å². The molecule has 0 unspecified atom stereocenters. The summed E-state index contributed by atoms with van der Waals surface area (Å²) >= 11 is 0. The second kappa shape index (κ2) is 10.6. The van der Waals surface area contributed by atoms with Gasteiger partial charge in [-0.05, 0) is 41.8 Å². The van der Waals surface area contributed by atoms with E-state index in [-0.39, 0.29) is 25.9 Å². The lowest BCUT2D eigenvalue weighted by molar-refractivity contribution is 0.0499. The van der Waals surface area contributed by atoms with Crippen molar-refractivity contribution >= 4 is 0 Å². The van der Waals surface area contributed by atoms with Crippen molar-refractivity contribution < 1.29 is 23.7 Å². The fourth-order valence-corrected chi connectivity index (χ4v) is 3.72. The minimum atomic E-state index is -0.835. The minimum absolute atomic E-state index is 0.0111. The molecule has 0 amide bonds. The molecule has 0 bridgehead atoms. The number of benzene rings is 2. The van der Waals surface area contributed by atoms with Gasteiger partial charge in [-0.15, -0.1) is 0 Å². The highest BCUT2D eigenvalue weighted by Gasteiger charge is 2.26. The summed E-state index contributed by atoms with van der Waals surface area (Å²) in [5, 5.41) is 18.3. The minimum Gasteiger partial charge on any atom is -0.491 e. The fourth-order valence-electron chi connectivity index (χ4n) is 3.72. The molecule has 0 saturated carbocycles. The van der Waals surface area contributed by atoms with E-state index in [9.17, 15) is 13.9 Å². The molecule has 3 rings (SSSR count). The first kappa shape index (κ1) is 21.6. The number of hydrogen-bond donors (Lipinski definition) is 2. The topological polar surface area (TPSA) is 56.2 Å². The Morgan fingerprint density at radius 1 is 0.897 bits per heavy atom. The van der Waals surface area contributed by atoms with Crippen molar-refractivity contribution in [2.45, 2.75) is 25.6 Å². The molecular weight excluding hydrogens is 378 g/mol. The van der Waals surface area contributed by atoms with Crippen molar-refractivity contribution in [3.05, 3.63) is 65.2 Å². The van der Waals surface area contributed by atoms with Crippen molar-refractivity contribution in [1.29, 1.82) is 0 Å². The molecule has 1 aliphatic rings. The van der Waals surface area contributed by atoms with Gasteiger partial charge >= 0.3 is 0 Å². The van der Waals surface area contributed by atoms with Crippen LogP contribution in [0, 0.1) is 11.6 Å². The van der Waals surface area contributed by atoms with E-state index in [1.165, 1.54) is 6.07 Å².